The van der Waals surface area contributed by atoms with Crippen molar-refractivity contribution in [2.75, 3.05) is 19.6 Å². The van der Waals surface area contributed by atoms with E-state index >= 15 is 0 Å². The normalized spacial score (nSPS) is 9.75. The quantitative estimate of drug-likeness (QED) is 0.350. The summed E-state index contributed by atoms with van der Waals surface area (Å²) in [5.74, 6) is 0. The molecule has 0 saturated carbocycles. The fraction of sp³-hybridized carbons (Fsp3) is 0.385. The van der Waals surface area contributed by atoms with Crippen LogP contribution in [0, 0.1) is 7.43 Å². The van der Waals surface area contributed by atoms with Gasteiger partial charge in [-0.1, -0.05) is 6.07 Å². The monoisotopic (exact) mass is 390 g/mol. The predicted octanol–water partition coefficient (Wildman–Crippen LogP) is 2.35. The Labute approximate surface area is 136 Å². The number of carbonyl (C=O) groups is 1. The number of nitrogens with zero attached hydrogens (tertiary/aromatic N) is 2. The molecule has 0 atom stereocenters. The summed E-state index contributed by atoms with van der Waals surface area (Å²) in [6.45, 7) is 5.50. The number of pyridine rings is 1. The molecule has 7 heteroatoms. The van der Waals surface area contributed by atoms with Crippen LogP contribution in [0.15, 0.2) is 29.4 Å². The summed E-state index contributed by atoms with van der Waals surface area (Å²) in [7, 11) is 4.49. The maximum absolute atomic E-state index is 11.1. The van der Waals surface area contributed by atoms with Crippen LogP contribution in [0.25, 0.3) is 0 Å². The summed E-state index contributed by atoms with van der Waals surface area (Å²) in [6, 6.07) is 5.55. The van der Waals surface area contributed by atoms with Gasteiger partial charge in [-0.05, 0) is 26.0 Å². The summed E-state index contributed by atoms with van der Waals surface area (Å²) in [6.07, 6.45) is 1.74. The number of hydrogen-bond acceptors (Lipinski definition) is 3. The van der Waals surface area contributed by atoms with Crippen molar-refractivity contribution in [3.05, 3.63) is 37.5 Å². The van der Waals surface area contributed by atoms with Crippen LogP contribution in [0.3, 0.4) is 0 Å². The van der Waals surface area contributed by atoms with E-state index in [0.29, 0.717) is 19.6 Å². The van der Waals surface area contributed by atoms with Crippen molar-refractivity contribution in [1.82, 2.24) is 15.6 Å². The number of carbonyl (C=O) groups excluding carboxylic acids is 1. The number of aliphatic imine (C=N–C) groups is 1. The summed E-state index contributed by atoms with van der Waals surface area (Å²) >= 11 is 2.22. The van der Waals surface area contributed by atoms with Gasteiger partial charge in [-0.3, -0.25) is 9.98 Å². The fourth-order valence-corrected chi connectivity index (χ4v) is 1.27. The Morgan fingerprint density at radius 1 is 1.40 bits per heavy atom. The summed E-state index contributed by atoms with van der Waals surface area (Å²) in [5, 5.41) is 5.37. The first-order valence-electron chi connectivity index (χ1n) is 5.80. The Balaban J connectivity index is 0. The zero-order valence-corrected chi connectivity index (χ0v) is 14.2. The van der Waals surface area contributed by atoms with Gasteiger partial charge < -0.3 is 18.1 Å². The molecule has 1 aromatic heterocycles. The number of halogens is 1. The van der Waals surface area contributed by atoms with Crippen molar-refractivity contribution < 1.29 is 23.0 Å². The molecule has 1 heterocycles. The van der Waals surface area contributed by atoms with Crippen LogP contribution >= 0.6 is 9.53 Å². The third-order valence-electron chi connectivity index (χ3n) is 2.12. The molecule has 5 nitrogen and oxygen atoms in total. The van der Waals surface area contributed by atoms with Crippen molar-refractivity contribution >= 4 is 21.3 Å². The van der Waals surface area contributed by atoms with Gasteiger partial charge in [0.1, 0.15) is 0 Å². The molecule has 2 N–H and O–H groups in total. The molecule has 0 saturated heterocycles. The molecule has 1 aromatic rings. The minimum atomic E-state index is -0.154. The van der Waals surface area contributed by atoms with Crippen LogP contribution in [0.2, 0.25) is 0 Å². The Morgan fingerprint density at radius 2 is 2.10 bits per heavy atom. The summed E-state index contributed by atoms with van der Waals surface area (Å²) < 4.78 is 0. The van der Waals surface area contributed by atoms with Gasteiger partial charge >= 0.3 is 33.7 Å². The van der Waals surface area contributed by atoms with E-state index in [-0.39, 0.29) is 13.5 Å². The molecule has 0 aromatic carbocycles. The van der Waals surface area contributed by atoms with Crippen LogP contribution in [0.5, 0.6) is 0 Å². The summed E-state index contributed by atoms with van der Waals surface area (Å²) in [4.78, 5) is 19.6. The molecule has 0 spiro atoms. The van der Waals surface area contributed by atoms with E-state index in [0.717, 1.165) is 11.4 Å². The molecule has 20 heavy (non-hydrogen) atoms. The molecular formula is C13H21ClN4OPd. The van der Waals surface area contributed by atoms with E-state index in [1.54, 1.807) is 6.20 Å². The van der Waals surface area contributed by atoms with Crippen LogP contribution in [-0.4, -0.2) is 36.4 Å². The van der Waals surface area contributed by atoms with E-state index in [2.05, 4.69) is 48.3 Å². The predicted molar refractivity (Wildman–Crippen MR) is 80.7 cm³/mol. The minimum absolute atomic E-state index is 0. The molecule has 0 unspecified atom stereocenters. The molecule has 1 rings (SSSR count). The third-order valence-corrected chi connectivity index (χ3v) is 2.12. The molecule has 116 valence electrons. The van der Waals surface area contributed by atoms with Crippen molar-refractivity contribution in [3.8, 4) is 0 Å². The van der Waals surface area contributed by atoms with Crippen molar-refractivity contribution in [2.24, 2.45) is 4.99 Å². The van der Waals surface area contributed by atoms with E-state index in [1.165, 1.54) is 0 Å². The van der Waals surface area contributed by atoms with Crippen LogP contribution in [0.4, 0.5) is 4.79 Å². The molecule has 0 aliphatic carbocycles. The second-order valence-corrected chi connectivity index (χ2v) is 3.47. The molecule has 0 aliphatic heterocycles. The second kappa shape index (κ2) is 14.5. The van der Waals surface area contributed by atoms with Gasteiger partial charge in [0.05, 0.1) is 18.0 Å². The number of aromatic nitrogens is 1. The first-order valence-corrected chi connectivity index (χ1v) is 7.80. The van der Waals surface area contributed by atoms with Crippen molar-refractivity contribution in [2.45, 2.75) is 13.8 Å². The topological polar surface area (TPSA) is 66.4 Å². The van der Waals surface area contributed by atoms with Crippen LogP contribution < -0.4 is 10.6 Å². The average Bonchev–Trinajstić information content (AvgIpc) is 2.47. The number of nitrogens with one attached hydrogen (secondary N) is 2. The van der Waals surface area contributed by atoms with E-state index < -0.39 is 0 Å². The van der Waals surface area contributed by atoms with Crippen LogP contribution in [0.1, 0.15) is 19.5 Å². The van der Waals surface area contributed by atoms with E-state index in [9.17, 15) is 4.79 Å². The number of urea groups is 1. The van der Waals surface area contributed by atoms with Gasteiger partial charge in [0.25, 0.3) is 0 Å². The van der Waals surface area contributed by atoms with Gasteiger partial charge in [0.15, 0.2) is 0 Å². The average molecular weight is 391 g/mol. The zero-order chi connectivity index (χ0) is 14.5. The van der Waals surface area contributed by atoms with Gasteiger partial charge in [0, 0.05) is 19.3 Å². The molecule has 2 amide bonds. The van der Waals surface area contributed by atoms with E-state index in [1.807, 2.05) is 32.0 Å². The Bertz CT molecular complexity index is 387. The van der Waals surface area contributed by atoms with Gasteiger partial charge in [-0.15, -0.1) is 0 Å². The van der Waals surface area contributed by atoms with E-state index in [4.69, 9.17) is 0 Å². The summed E-state index contributed by atoms with van der Waals surface area (Å²) in [5.41, 5.74) is 1.74. The Hall–Kier alpha value is -0.958. The van der Waals surface area contributed by atoms with Crippen molar-refractivity contribution in [1.29, 1.82) is 0 Å². The first-order chi connectivity index (χ1) is 9.24. The standard InChI is InChI=1S/C12H18N4O.CH3.ClH.Pd/c1-3-13-12(17)16-9-8-14-10(2)11-6-4-5-7-15-11;;;/h4-7H,3,8-9H2,1-2H3,(H2,13,16,17);1H3;1H;/q;-1;;+2/p-1. The molecular weight excluding hydrogens is 370 g/mol. The Morgan fingerprint density at radius 3 is 2.65 bits per heavy atom. The molecule has 0 radical (unpaired) electrons. The third kappa shape index (κ3) is 9.91. The number of rotatable bonds is 5. The fourth-order valence-electron chi connectivity index (χ4n) is 1.27. The Kier molecular flexibility index (Phi) is 15.4. The van der Waals surface area contributed by atoms with Gasteiger partial charge in [0.2, 0.25) is 0 Å². The van der Waals surface area contributed by atoms with Gasteiger partial charge in [-0.25, -0.2) is 4.79 Å². The maximum atomic E-state index is 11.1. The van der Waals surface area contributed by atoms with Crippen molar-refractivity contribution in [3.63, 3.8) is 0 Å². The number of hydrogen-bond donors (Lipinski definition) is 2. The SMILES string of the molecule is CCNC(=O)NCCN=C(C)c1ccccn1.[CH3-].[Cl][Pd+]. The second-order valence-electron chi connectivity index (χ2n) is 3.47. The first kappa shape index (κ1) is 21.3. The van der Waals surface area contributed by atoms with Crippen LogP contribution in [-0.2, 0) is 18.2 Å². The molecule has 0 fully saturated rings. The molecule has 0 bridgehead atoms. The number of amides is 2. The van der Waals surface area contributed by atoms with Gasteiger partial charge in [-0.2, -0.15) is 0 Å². The zero-order valence-electron chi connectivity index (χ0n) is 11.9. The molecule has 0 aliphatic rings.